The van der Waals surface area contributed by atoms with Gasteiger partial charge in [-0.3, -0.25) is 14.2 Å². The number of ketones is 1. The molecule has 130 valence electrons. The maximum Gasteiger partial charge on any atom is 0.272 e. The molecule has 0 saturated heterocycles. The zero-order chi connectivity index (χ0) is 17.8. The second-order valence-corrected chi connectivity index (χ2v) is 7.85. The SMILES string of the molecule is CCCCn1c(SCC(=O)c2ccc(Cl)cc2)nc2ccsc2c1=O. The third kappa shape index (κ3) is 4.14. The fourth-order valence-corrected chi connectivity index (χ4v) is 4.22. The summed E-state index contributed by atoms with van der Waals surface area (Å²) in [6.07, 6.45) is 1.89. The number of thiophene rings is 1. The average molecular weight is 393 g/mol. The van der Waals surface area contributed by atoms with Gasteiger partial charge in [0.05, 0.1) is 11.3 Å². The van der Waals surface area contributed by atoms with Crippen molar-refractivity contribution in [3.8, 4) is 0 Å². The maximum absolute atomic E-state index is 12.7. The van der Waals surface area contributed by atoms with Crippen LogP contribution in [0.1, 0.15) is 30.1 Å². The summed E-state index contributed by atoms with van der Waals surface area (Å²) < 4.78 is 2.37. The number of thioether (sulfide) groups is 1. The van der Waals surface area contributed by atoms with Crippen LogP contribution in [0.15, 0.2) is 45.7 Å². The number of fused-ring (bicyclic) bond motifs is 1. The van der Waals surface area contributed by atoms with E-state index in [2.05, 4.69) is 11.9 Å². The number of rotatable bonds is 7. The fraction of sp³-hybridized carbons (Fsp3) is 0.278. The number of halogens is 1. The number of Topliss-reactive ketones (excluding diaryl/α,β-unsaturated/α-hetero) is 1. The van der Waals surface area contributed by atoms with E-state index in [1.165, 1.54) is 23.1 Å². The van der Waals surface area contributed by atoms with E-state index in [1.807, 2.05) is 11.4 Å². The van der Waals surface area contributed by atoms with Crippen molar-refractivity contribution in [3.63, 3.8) is 0 Å². The highest BCUT2D eigenvalue weighted by molar-refractivity contribution is 7.99. The van der Waals surface area contributed by atoms with Gasteiger partial charge in [0.2, 0.25) is 0 Å². The Hall–Kier alpha value is -1.63. The number of carbonyl (C=O) groups is 1. The number of hydrogen-bond acceptors (Lipinski definition) is 5. The van der Waals surface area contributed by atoms with E-state index in [9.17, 15) is 9.59 Å². The van der Waals surface area contributed by atoms with Crippen molar-refractivity contribution in [1.82, 2.24) is 9.55 Å². The third-order valence-corrected chi connectivity index (χ3v) is 5.88. The molecule has 25 heavy (non-hydrogen) atoms. The van der Waals surface area contributed by atoms with E-state index in [-0.39, 0.29) is 17.1 Å². The maximum atomic E-state index is 12.7. The smallest absolute Gasteiger partial charge is 0.272 e. The summed E-state index contributed by atoms with van der Waals surface area (Å²) in [6.45, 7) is 2.70. The van der Waals surface area contributed by atoms with Gasteiger partial charge in [-0.2, -0.15) is 0 Å². The topological polar surface area (TPSA) is 52.0 Å². The quantitative estimate of drug-likeness (QED) is 0.326. The van der Waals surface area contributed by atoms with Crippen molar-refractivity contribution in [2.24, 2.45) is 0 Å². The minimum absolute atomic E-state index is 0.0108. The number of aromatic nitrogens is 2. The Kier molecular flexibility index (Phi) is 5.93. The second-order valence-electron chi connectivity index (χ2n) is 5.56. The number of unbranched alkanes of at least 4 members (excludes halogenated alkanes) is 1. The Morgan fingerprint density at radius 3 is 2.76 bits per heavy atom. The molecule has 2 aromatic heterocycles. The number of carbonyl (C=O) groups excluding carboxylic acids is 1. The molecule has 0 bridgehead atoms. The van der Waals surface area contributed by atoms with Crippen molar-refractivity contribution in [1.29, 1.82) is 0 Å². The predicted molar refractivity (Wildman–Crippen MR) is 105 cm³/mol. The van der Waals surface area contributed by atoms with E-state index in [0.29, 0.717) is 32.5 Å². The molecule has 0 aliphatic carbocycles. The minimum Gasteiger partial charge on any atom is -0.293 e. The molecule has 0 aliphatic heterocycles. The van der Waals surface area contributed by atoms with Crippen molar-refractivity contribution in [2.45, 2.75) is 31.5 Å². The molecule has 3 aromatic rings. The van der Waals surface area contributed by atoms with Gasteiger partial charge in [-0.1, -0.05) is 36.7 Å². The predicted octanol–water partition coefficient (Wildman–Crippen LogP) is 4.89. The van der Waals surface area contributed by atoms with Crippen molar-refractivity contribution in [2.75, 3.05) is 5.75 Å². The van der Waals surface area contributed by atoms with Crippen molar-refractivity contribution >= 4 is 50.7 Å². The first kappa shape index (κ1) is 18.2. The Bertz CT molecular complexity index is 948. The molecule has 0 saturated carbocycles. The van der Waals surface area contributed by atoms with Gasteiger partial charge in [0, 0.05) is 17.1 Å². The lowest BCUT2D eigenvalue weighted by molar-refractivity contribution is 0.102. The highest BCUT2D eigenvalue weighted by atomic mass is 35.5. The molecule has 0 atom stereocenters. The van der Waals surface area contributed by atoms with Crippen LogP contribution in [0.25, 0.3) is 10.2 Å². The molecule has 3 rings (SSSR count). The monoisotopic (exact) mass is 392 g/mol. The van der Waals surface area contributed by atoms with Crippen LogP contribution in [-0.4, -0.2) is 21.1 Å². The minimum atomic E-state index is -0.0186. The van der Waals surface area contributed by atoms with Crippen LogP contribution in [0.4, 0.5) is 0 Å². The lowest BCUT2D eigenvalue weighted by atomic mass is 10.1. The molecule has 7 heteroatoms. The first-order valence-electron chi connectivity index (χ1n) is 7.99. The summed E-state index contributed by atoms with van der Waals surface area (Å²) in [7, 11) is 0. The molecule has 0 aliphatic rings. The number of hydrogen-bond donors (Lipinski definition) is 0. The summed E-state index contributed by atoms with van der Waals surface area (Å²) >= 11 is 8.58. The molecule has 0 unspecified atom stereocenters. The molecule has 0 fully saturated rings. The molecule has 0 spiro atoms. The van der Waals surface area contributed by atoms with E-state index >= 15 is 0 Å². The van der Waals surface area contributed by atoms with E-state index < -0.39 is 0 Å². The lowest BCUT2D eigenvalue weighted by Gasteiger charge is -2.11. The van der Waals surface area contributed by atoms with Crippen molar-refractivity contribution < 1.29 is 4.79 Å². The molecule has 2 heterocycles. The first-order valence-corrected chi connectivity index (χ1v) is 10.2. The Morgan fingerprint density at radius 2 is 2.04 bits per heavy atom. The summed E-state index contributed by atoms with van der Waals surface area (Å²) in [6, 6.07) is 8.67. The summed E-state index contributed by atoms with van der Waals surface area (Å²) in [5.41, 5.74) is 1.29. The second kappa shape index (κ2) is 8.17. The Morgan fingerprint density at radius 1 is 1.28 bits per heavy atom. The van der Waals surface area contributed by atoms with E-state index in [1.54, 1.807) is 28.8 Å². The van der Waals surface area contributed by atoms with Crippen LogP contribution < -0.4 is 5.56 Å². The first-order chi connectivity index (χ1) is 12.1. The third-order valence-electron chi connectivity index (χ3n) is 3.76. The van der Waals surface area contributed by atoms with Gasteiger partial charge in [-0.15, -0.1) is 11.3 Å². The Labute approximate surface area is 158 Å². The number of benzene rings is 1. The fourth-order valence-electron chi connectivity index (χ4n) is 2.40. The molecule has 0 N–H and O–H groups in total. The molecule has 0 radical (unpaired) electrons. The molecule has 0 amide bonds. The van der Waals surface area contributed by atoms with Gasteiger partial charge in [0.25, 0.3) is 5.56 Å². The highest BCUT2D eigenvalue weighted by Crippen LogP contribution is 2.22. The van der Waals surface area contributed by atoms with Crippen LogP contribution >= 0.6 is 34.7 Å². The highest BCUT2D eigenvalue weighted by Gasteiger charge is 2.14. The zero-order valence-electron chi connectivity index (χ0n) is 13.7. The van der Waals surface area contributed by atoms with Crippen molar-refractivity contribution in [3.05, 3.63) is 56.7 Å². The summed E-state index contributed by atoms with van der Waals surface area (Å²) in [5, 5.41) is 3.07. The number of nitrogens with zero attached hydrogens (tertiary/aromatic N) is 2. The Balaban J connectivity index is 1.85. The zero-order valence-corrected chi connectivity index (χ0v) is 16.1. The molecular formula is C18H17ClN2O2S2. The van der Waals surface area contributed by atoms with Gasteiger partial charge >= 0.3 is 0 Å². The van der Waals surface area contributed by atoms with Crippen LogP contribution in [0.3, 0.4) is 0 Å². The van der Waals surface area contributed by atoms with E-state index in [0.717, 1.165) is 12.8 Å². The summed E-state index contributed by atoms with van der Waals surface area (Å²) in [5.74, 6) is 0.221. The van der Waals surface area contributed by atoms with Gasteiger partial charge in [-0.05, 0) is 42.1 Å². The average Bonchev–Trinajstić information content (AvgIpc) is 3.08. The lowest BCUT2D eigenvalue weighted by Crippen LogP contribution is -2.23. The van der Waals surface area contributed by atoms with Crippen LogP contribution in [0.5, 0.6) is 0 Å². The molecule has 4 nitrogen and oxygen atoms in total. The van der Waals surface area contributed by atoms with E-state index in [4.69, 9.17) is 11.6 Å². The molecular weight excluding hydrogens is 376 g/mol. The normalized spacial score (nSPS) is 11.1. The van der Waals surface area contributed by atoms with Gasteiger partial charge in [0.1, 0.15) is 4.70 Å². The summed E-state index contributed by atoms with van der Waals surface area (Å²) in [4.78, 5) is 29.7. The standard InChI is InChI=1S/C18H17ClN2O2S2/c1-2-3-9-21-17(23)16-14(8-10-24-16)20-18(21)25-11-15(22)12-4-6-13(19)7-5-12/h4-8,10H,2-3,9,11H2,1H3. The largest absolute Gasteiger partial charge is 0.293 e. The van der Waals surface area contributed by atoms with Gasteiger partial charge in [0.15, 0.2) is 10.9 Å². The van der Waals surface area contributed by atoms with Crippen LogP contribution in [0.2, 0.25) is 5.02 Å². The van der Waals surface area contributed by atoms with Gasteiger partial charge < -0.3 is 0 Å². The molecule has 1 aromatic carbocycles. The van der Waals surface area contributed by atoms with Crippen LogP contribution in [0, 0.1) is 0 Å². The van der Waals surface area contributed by atoms with Gasteiger partial charge in [-0.25, -0.2) is 4.98 Å². The van der Waals surface area contributed by atoms with Crippen LogP contribution in [-0.2, 0) is 6.54 Å².